The van der Waals surface area contributed by atoms with E-state index in [2.05, 4.69) is 5.32 Å². The van der Waals surface area contributed by atoms with E-state index in [1.807, 2.05) is 20.8 Å². The molecule has 4 nitrogen and oxygen atoms in total. The Morgan fingerprint density at radius 1 is 1.41 bits per heavy atom. The van der Waals surface area contributed by atoms with Gasteiger partial charge >= 0.3 is 0 Å². The van der Waals surface area contributed by atoms with Crippen molar-refractivity contribution in [2.75, 3.05) is 13.2 Å². The smallest absolute Gasteiger partial charge is 0.237 e. The minimum absolute atomic E-state index is 0. The second-order valence-corrected chi connectivity index (χ2v) is 4.63. The molecule has 0 aliphatic carbocycles. The van der Waals surface area contributed by atoms with Crippen LogP contribution in [0.2, 0.25) is 0 Å². The van der Waals surface area contributed by atoms with Crippen LogP contribution in [0.3, 0.4) is 0 Å². The number of carbonyl (C=O) groups is 1. The SMILES string of the molecule is CCC(C)C(N)C(=O)NCCCC(C)CO.Cl. The van der Waals surface area contributed by atoms with Gasteiger partial charge in [-0.05, 0) is 24.7 Å². The van der Waals surface area contributed by atoms with Gasteiger partial charge < -0.3 is 16.2 Å². The summed E-state index contributed by atoms with van der Waals surface area (Å²) in [5.74, 6) is 0.461. The van der Waals surface area contributed by atoms with Crippen LogP contribution in [-0.2, 0) is 4.79 Å². The Balaban J connectivity index is 0. The summed E-state index contributed by atoms with van der Waals surface area (Å²) in [6.45, 7) is 6.86. The molecule has 5 heteroatoms. The molecule has 17 heavy (non-hydrogen) atoms. The third-order valence-electron chi connectivity index (χ3n) is 3.04. The van der Waals surface area contributed by atoms with Crippen LogP contribution < -0.4 is 11.1 Å². The van der Waals surface area contributed by atoms with E-state index < -0.39 is 6.04 Å². The lowest BCUT2D eigenvalue weighted by atomic mass is 9.99. The van der Waals surface area contributed by atoms with Gasteiger partial charge in [-0.2, -0.15) is 0 Å². The predicted molar refractivity (Wildman–Crippen MR) is 73.2 cm³/mol. The van der Waals surface area contributed by atoms with Crippen LogP contribution >= 0.6 is 12.4 Å². The zero-order valence-corrected chi connectivity index (χ0v) is 11.9. The molecule has 0 aliphatic heterocycles. The Morgan fingerprint density at radius 2 is 2.00 bits per heavy atom. The molecule has 3 unspecified atom stereocenters. The van der Waals surface area contributed by atoms with E-state index in [0.717, 1.165) is 19.3 Å². The third-order valence-corrected chi connectivity index (χ3v) is 3.04. The summed E-state index contributed by atoms with van der Waals surface area (Å²) >= 11 is 0. The standard InChI is InChI=1S/C12H26N2O2.ClH/c1-4-10(3)11(13)12(16)14-7-5-6-9(2)8-15;/h9-11,15H,4-8,13H2,1-3H3,(H,14,16);1H. The molecular weight excluding hydrogens is 240 g/mol. The van der Waals surface area contributed by atoms with Gasteiger partial charge in [-0.25, -0.2) is 0 Å². The Hall–Kier alpha value is -0.320. The number of amides is 1. The molecule has 0 aromatic heterocycles. The van der Waals surface area contributed by atoms with E-state index in [9.17, 15) is 4.79 Å². The van der Waals surface area contributed by atoms with E-state index in [-0.39, 0.29) is 30.8 Å². The van der Waals surface area contributed by atoms with Gasteiger partial charge in [0.1, 0.15) is 0 Å². The van der Waals surface area contributed by atoms with Gasteiger partial charge in [0.25, 0.3) is 0 Å². The van der Waals surface area contributed by atoms with Crippen molar-refractivity contribution in [1.29, 1.82) is 0 Å². The first-order valence-corrected chi connectivity index (χ1v) is 6.17. The van der Waals surface area contributed by atoms with Gasteiger partial charge in [0.05, 0.1) is 6.04 Å². The molecule has 0 heterocycles. The first-order valence-electron chi connectivity index (χ1n) is 6.17. The number of aliphatic hydroxyl groups is 1. The normalized spacial score (nSPS) is 15.6. The van der Waals surface area contributed by atoms with Gasteiger partial charge in [0.2, 0.25) is 5.91 Å². The maximum absolute atomic E-state index is 11.6. The average Bonchev–Trinajstić information content (AvgIpc) is 2.31. The molecule has 0 aromatic rings. The fraction of sp³-hybridized carbons (Fsp3) is 0.917. The fourth-order valence-corrected chi connectivity index (χ4v) is 1.38. The predicted octanol–water partition coefficient (Wildman–Crippen LogP) is 1.31. The van der Waals surface area contributed by atoms with Crippen molar-refractivity contribution in [3.05, 3.63) is 0 Å². The first kappa shape index (κ1) is 19.0. The molecule has 0 spiro atoms. The molecule has 1 amide bonds. The average molecular weight is 267 g/mol. The van der Waals surface area contributed by atoms with E-state index in [1.54, 1.807) is 0 Å². The number of nitrogens with two attached hydrogens (primary N) is 1. The van der Waals surface area contributed by atoms with Crippen molar-refractivity contribution < 1.29 is 9.90 Å². The highest BCUT2D eigenvalue weighted by molar-refractivity contribution is 5.85. The zero-order valence-electron chi connectivity index (χ0n) is 11.1. The zero-order chi connectivity index (χ0) is 12.6. The van der Waals surface area contributed by atoms with Crippen molar-refractivity contribution in [2.45, 2.75) is 46.1 Å². The topological polar surface area (TPSA) is 75.4 Å². The number of halogens is 1. The number of nitrogens with one attached hydrogen (secondary N) is 1. The first-order chi connectivity index (χ1) is 7.52. The summed E-state index contributed by atoms with van der Waals surface area (Å²) in [5, 5.41) is 11.7. The van der Waals surface area contributed by atoms with Crippen LogP contribution in [0.25, 0.3) is 0 Å². The lowest BCUT2D eigenvalue weighted by molar-refractivity contribution is -0.123. The second-order valence-electron chi connectivity index (χ2n) is 4.63. The molecular formula is C12H27ClN2O2. The van der Waals surface area contributed by atoms with E-state index in [4.69, 9.17) is 10.8 Å². The van der Waals surface area contributed by atoms with Gasteiger partial charge in [-0.15, -0.1) is 12.4 Å². The molecule has 0 bridgehead atoms. The van der Waals surface area contributed by atoms with Crippen LogP contribution in [0.5, 0.6) is 0 Å². The van der Waals surface area contributed by atoms with E-state index in [1.165, 1.54) is 0 Å². The Labute approximate surface area is 111 Å². The highest BCUT2D eigenvalue weighted by atomic mass is 35.5. The Kier molecular flexibility index (Phi) is 12.1. The Bertz CT molecular complexity index is 203. The van der Waals surface area contributed by atoms with E-state index >= 15 is 0 Å². The second kappa shape index (κ2) is 10.8. The highest BCUT2D eigenvalue weighted by Gasteiger charge is 2.18. The number of hydrogen-bond acceptors (Lipinski definition) is 3. The molecule has 0 radical (unpaired) electrons. The van der Waals surface area contributed by atoms with Crippen LogP contribution in [0.4, 0.5) is 0 Å². The van der Waals surface area contributed by atoms with Crippen LogP contribution in [-0.4, -0.2) is 30.2 Å². The molecule has 0 saturated carbocycles. The van der Waals surface area contributed by atoms with Crippen molar-refractivity contribution in [1.82, 2.24) is 5.32 Å². The molecule has 0 fully saturated rings. The minimum atomic E-state index is -0.403. The summed E-state index contributed by atoms with van der Waals surface area (Å²) < 4.78 is 0. The fourth-order valence-electron chi connectivity index (χ4n) is 1.38. The van der Waals surface area contributed by atoms with Crippen molar-refractivity contribution in [2.24, 2.45) is 17.6 Å². The number of aliphatic hydroxyl groups excluding tert-OH is 1. The molecule has 4 N–H and O–H groups in total. The maximum atomic E-state index is 11.6. The summed E-state index contributed by atoms with van der Waals surface area (Å²) in [5.41, 5.74) is 5.79. The lowest BCUT2D eigenvalue weighted by Crippen LogP contribution is -2.44. The molecule has 104 valence electrons. The largest absolute Gasteiger partial charge is 0.396 e. The number of hydrogen-bond donors (Lipinski definition) is 3. The van der Waals surface area contributed by atoms with Crippen molar-refractivity contribution in [3.8, 4) is 0 Å². The molecule has 0 aliphatic rings. The van der Waals surface area contributed by atoms with Crippen molar-refractivity contribution >= 4 is 18.3 Å². The molecule has 3 atom stereocenters. The van der Waals surface area contributed by atoms with Crippen LogP contribution in [0.1, 0.15) is 40.0 Å². The number of rotatable bonds is 8. The highest BCUT2D eigenvalue weighted by Crippen LogP contribution is 2.06. The quantitative estimate of drug-likeness (QED) is 0.580. The van der Waals surface area contributed by atoms with Crippen LogP contribution in [0.15, 0.2) is 0 Å². The molecule has 0 aromatic carbocycles. The lowest BCUT2D eigenvalue weighted by Gasteiger charge is -2.17. The summed E-state index contributed by atoms with van der Waals surface area (Å²) in [4.78, 5) is 11.6. The van der Waals surface area contributed by atoms with Gasteiger partial charge in [0.15, 0.2) is 0 Å². The Morgan fingerprint density at radius 3 is 2.47 bits per heavy atom. The molecule has 0 saturated heterocycles. The maximum Gasteiger partial charge on any atom is 0.237 e. The minimum Gasteiger partial charge on any atom is -0.396 e. The third kappa shape index (κ3) is 8.41. The van der Waals surface area contributed by atoms with Gasteiger partial charge in [-0.3, -0.25) is 4.79 Å². The van der Waals surface area contributed by atoms with E-state index in [0.29, 0.717) is 12.5 Å². The summed E-state index contributed by atoms with van der Waals surface area (Å²) in [7, 11) is 0. The summed E-state index contributed by atoms with van der Waals surface area (Å²) in [6, 6.07) is -0.403. The monoisotopic (exact) mass is 266 g/mol. The van der Waals surface area contributed by atoms with Gasteiger partial charge in [-0.1, -0.05) is 27.2 Å². The number of carbonyl (C=O) groups excluding carboxylic acids is 1. The van der Waals surface area contributed by atoms with Gasteiger partial charge in [0, 0.05) is 13.2 Å². The van der Waals surface area contributed by atoms with Crippen LogP contribution in [0, 0.1) is 11.8 Å². The summed E-state index contributed by atoms with van der Waals surface area (Å²) in [6.07, 6.45) is 2.73. The molecule has 0 rings (SSSR count). The van der Waals surface area contributed by atoms with Crippen molar-refractivity contribution in [3.63, 3.8) is 0 Å².